The molecule has 1 aromatic carbocycles. The van der Waals surface area contributed by atoms with Crippen LogP contribution in [0.1, 0.15) is 31.9 Å². The fraction of sp³-hybridized carbons (Fsp3) is 0.357. The molecule has 0 saturated carbocycles. The fourth-order valence-electron chi connectivity index (χ4n) is 1.70. The van der Waals surface area contributed by atoms with Crippen molar-refractivity contribution in [3.8, 4) is 0 Å². The summed E-state index contributed by atoms with van der Waals surface area (Å²) in [6.07, 6.45) is 5.64. The van der Waals surface area contributed by atoms with Gasteiger partial charge >= 0.3 is 0 Å². The highest BCUT2D eigenvalue weighted by molar-refractivity contribution is 5.27. The van der Waals surface area contributed by atoms with Crippen molar-refractivity contribution in [1.29, 1.82) is 0 Å². The lowest BCUT2D eigenvalue weighted by Crippen LogP contribution is -2.10. The number of hydrogen-bond donors (Lipinski definition) is 0. The molecule has 0 saturated heterocycles. The molecule has 0 bridgehead atoms. The molecular weight excluding hydrogens is 196 g/mol. The molecule has 0 atom stereocenters. The summed E-state index contributed by atoms with van der Waals surface area (Å²) in [5, 5.41) is 0. The SMILES string of the molecule is CC(C)(C)c1ccc(Cn2ccnc2)cc1. The van der Waals surface area contributed by atoms with Gasteiger partial charge in [-0.1, -0.05) is 45.0 Å². The molecule has 0 aliphatic heterocycles. The molecule has 0 radical (unpaired) electrons. The highest BCUT2D eigenvalue weighted by atomic mass is 15.0. The number of nitrogens with zero attached hydrogens (tertiary/aromatic N) is 2. The molecule has 1 aromatic heterocycles. The van der Waals surface area contributed by atoms with Gasteiger partial charge in [-0.2, -0.15) is 0 Å². The molecule has 84 valence electrons. The van der Waals surface area contributed by atoms with Gasteiger partial charge in [0, 0.05) is 18.9 Å². The number of benzene rings is 1. The summed E-state index contributed by atoms with van der Waals surface area (Å²) in [4.78, 5) is 4.04. The molecule has 16 heavy (non-hydrogen) atoms. The van der Waals surface area contributed by atoms with E-state index in [4.69, 9.17) is 0 Å². The zero-order chi connectivity index (χ0) is 11.6. The van der Waals surface area contributed by atoms with Crippen LogP contribution in [0.5, 0.6) is 0 Å². The van der Waals surface area contributed by atoms with E-state index < -0.39 is 0 Å². The lowest BCUT2D eigenvalue weighted by atomic mass is 9.87. The molecule has 0 amide bonds. The molecule has 0 unspecified atom stereocenters. The highest BCUT2D eigenvalue weighted by Gasteiger charge is 2.12. The van der Waals surface area contributed by atoms with Crippen LogP contribution in [0, 0.1) is 0 Å². The molecule has 2 aromatic rings. The molecule has 0 aliphatic carbocycles. The number of rotatable bonds is 2. The van der Waals surface area contributed by atoms with Crippen molar-refractivity contribution in [2.24, 2.45) is 0 Å². The maximum absolute atomic E-state index is 4.04. The predicted octanol–water partition coefficient (Wildman–Crippen LogP) is 3.23. The third kappa shape index (κ3) is 2.51. The molecule has 2 nitrogen and oxygen atoms in total. The van der Waals surface area contributed by atoms with Crippen molar-refractivity contribution in [1.82, 2.24) is 9.55 Å². The monoisotopic (exact) mass is 214 g/mol. The number of hydrogen-bond acceptors (Lipinski definition) is 1. The van der Waals surface area contributed by atoms with Gasteiger partial charge < -0.3 is 4.57 Å². The zero-order valence-corrected chi connectivity index (χ0v) is 10.1. The summed E-state index contributed by atoms with van der Waals surface area (Å²) >= 11 is 0. The average Bonchev–Trinajstić information content (AvgIpc) is 2.70. The van der Waals surface area contributed by atoms with Gasteiger partial charge in [0.25, 0.3) is 0 Å². The lowest BCUT2D eigenvalue weighted by molar-refractivity contribution is 0.589. The van der Waals surface area contributed by atoms with Gasteiger partial charge in [-0.15, -0.1) is 0 Å². The van der Waals surface area contributed by atoms with Crippen molar-refractivity contribution in [2.75, 3.05) is 0 Å². The number of imidazole rings is 1. The Morgan fingerprint density at radius 1 is 1.12 bits per heavy atom. The van der Waals surface area contributed by atoms with Crippen LogP contribution in [0.4, 0.5) is 0 Å². The van der Waals surface area contributed by atoms with Crippen LogP contribution in [0.2, 0.25) is 0 Å². The van der Waals surface area contributed by atoms with Crippen molar-refractivity contribution in [3.05, 3.63) is 54.1 Å². The zero-order valence-electron chi connectivity index (χ0n) is 10.1. The first-order chi connectivity index (χ1) is 7.55. The Bertz CT molecular complexity index is 433. The first-order valence-corrected chi connectivity index (χ1v) is 5.61. The first kappa shape index (κ1) is 10.9. The van der Waals surface area contributed by atoms with E-state index in [9.17, 15) is 0 Å². The molecular formula is C14H18N2. The van der Waals surface area contributed by atoms with Crippen LogP contribution >= 0.6 is 0 Å². The largest absolute Gasteiger partial charge is 0.333 e. The minimum Gasteiger partial charge on any atom is -0.333 e. The van der Waals surface area contributed by atoms with Crippen molar-refractivity contribution >= 4 is 0 Å². The van der Waals surface area contributed by atoms with Crippen molar-refractivity contribution in [3.63, 3.8) is 0 Å². The van der Waals surface area contributed by atoms with Crippen LogP contribution < -0.4 is 0 Å². The van der Waals surface area contributed by atoms with E-state index in [2.05, 4.69) is 54.6 Å². The van der Waals surface area contributed by atoms with Crippen LogP contribution in [0.15, 0.2) is 43.0 Å². The van der Waals surface area contributed by atoms with Gasteiger partial charge in [-0.3, -0.25) is 0 Å². The van der Waals surface area contributed by atoms with Gasteiger partial charge in [0.2, 0.25) is 0 Å². The maximum Gasteiger partial charge on any atom is 0.0949 e. The second-order valence-electron chi connectivity index (χ2n) is 5.18. The third-order valence-corrected chi connectivity index (χ3v) is 2.74. The molecule has 1 heterocycles. The molecule has 2 heteroatoms. The Morgan fingerprint density at radius 3 is 2.31 bits per heavy atom. The minimum atomic E-state index is 0.230. The second kappa shape index (κ2) is 4.12. The van der Waals surface area contributed by atoms with Gasteiger partial charge in [-0.05, 0) is 16.5 Å². The second-order valence-corrected chi connectivity index (χ2v) is 5.18. The Balaban J connectivity index is 2.14. The quantitative estimate of drug-likeness (QED) is 0.750. The van der Waals surface area contributed by atoms with E-state index in [1.165, 1.54) is 11.1 Å². The predicted molar refractivity (Wildman–Crippen MR) is 66.5 cm³/mol. The van der Waals surface area contributed by atoms with Gasteiger partial charge in [0.05, 0.1) is 6.33 Å². The van der Waals surface area contributed by atoms with Crippen molar-refractivity contribution < 1.29 is 0 Å². The maximum atomic E-state index is 4.04. The Hall–Kier alpha value is -1.57. The Labute approximate surface area is 97.0 Å². The average molecular weight is 214 g/mol. The van der Waals surface area contributed by atoms with Gasteiger partial charge in [-0.25, -0.2) is 4.98 Å². The van der Waals surface area contributed by atoms with Crippen LogP contribution in [-0.4, -0.2) is 9.55 Å². The Kier molecular flexibility index (Phi) is 2.82. The topological polar surface area (TPSA) is 17.8 Å². The normalized spacial score (nSPS) is 11.7. The summed E-state index contributed by atoms with van der Waals surface area (Å²) in [6, 6.07) is 8.82. The molecule has 0 aliphatic rings. The third-order valence-electron chi connectivity index (χ3n) is 2.74. The van der Waals surface area contributed by atoms with Crippen LogP contribution in [-0.2, 0) is 12.0 Å². The standard InChI is InChI=1S/C14H18N2/c1-14(2,3)13-6-4-12(5-7-13)10-16-9-8-15-11-16/h4-9,11H,10H2,1-3H3. The van der Waals surface area contributed by atoms with E-state index in [0.717, 1.165) is 6.54 Å². The van der Waals surface area contributed by atoms with E-state index in [1.807, 2.05) is 18.7 Å². The lowest BCUT2D eigenvalue weighted by Gasteiger charge is -2.19. The van der Waals surface area contributed by atoms with E-state index in [-0.39, 0.29) is 5.41 Å². The molecule has 0 spiro atoms. The minimum absolute atomic E-state index is 0.230. The van der Waals surface area contributed by atoms with Crippen molar-refractivity contribution in [2.45, 2.75) is 32.7 Å². The van der Waals surface area contributed by atoms with E-state index in [1.54, 1.807) is 0 Å². The summed E-state index contributed by atoms with van der Waals surface area (Å²) in [7, 11) is 0. The smallest absolute Gasteiger partial charge is 0.0949 e. The van der Waals surface area contributed by atoms with E-state index in [0.29, 0.717) is 0 Å². The summed E-state index contributed by atoms with van der Waals surface area (Å²) < 4.78 is 2.08. The van der Waals surface area contributed by atoms with Gasteiger partial charge in [0.15, 0.2) is 0 Å². The van der Waals surface area contributed by atoms with E-state index >= 15 is 0 Å². The first-order valence-electron chi connectivity index (χ1n) is 5.61. The fourth-order valence-corrected chi connectivity index (χ4v) is 1.70. The summed E-state index contributed by atoms with van der Waals surface area (Å²) in [5.41, 5.74) is 2.92. The summed E-state index contributed by atoms with van der Waals surface area (Å²) in [5.74, 6) is 0. The summed E-state index contributed by atoms with van der Waals surface area (Å²) in [6.45, 7) is 7.60. The molecule has 2 rings (SSSR count). The molecule has 0 N–H and O–H groups in total. The molecule has 0 fully saturated rings. The highest BCUT2D eigenvalue weighted by Crippen LogP contribution is 2.22. The Morgan fingerprint density at radius 2 is 1.81 bits per heavy atom. The van der Waals surface area contributed by atoms with Gasteiger partial charge in [0.1, 0.15) is 0 Å². The van der Waals surface area contributed by atoms with Crippen LogP contribution in [0.3, 0.4) is 0 Å². The number of aromatic nitrogens is 2. The van der Waals surface area contributed by atoms with Crippen LogP contribution in [0.25, 0.3) is 0 Å².